The number of fused-ring (bicyclic) bond motifs is 1. The number of hydrogen-bond donors (Lipinski definition) is 1. The third-order valence-electron chi connectivity index (χ3n) is 6.83. The van der Waals surface area contributed by atoms with Crippen molar-refractivity contribution < 1.29 is 4.74 Å². The molecular formula is C17H31N3O. The topological polar surface area (TPSA) is 41.7 Å². The summed E-state index contributed by atoms with van der Waals surface area (Å²) in [5, 5.41) is 0. The lowest BCUT2D eigenvalue weighted by Gasteiger charge is -2.63. The van der Waals surface area contributed by atoms with Crippen LogP contribution in [-0.2, 0) is 4.74 Å². The summed E-state index contributed by atoms with van der Waals surface area (Å²) in [6, 6.07) is 0. The molecule has 120 valence electrons. The second kappa shape index (κ2) is 4.92. The first kappa shape index (κ1) is 14.4. The molecule has 2 saturated carbocycles. The van der Waals surface area contributed by atoms with E-state index in [1.807, 2.05) is 0 Å². The van der Waals surface area contributed by atoms with E-state index in [4.69, 9.17) is 10.5 Å². The summed E-state index contributed by atoms with van der Waals surface area (Å²) in [6.45, 7) is 12.8. The van der Waals surface area contributed by atoms with Gasteiger partial charge in [-0.2, -0.15) is 0 Å². The van der Waals surface area contributed by atoms with Crippen molar-refractivity contribution in [2.75, 3.05) is 45.9 Å². The average molecular weight is 293 g/mol. The molecule has 2 saturated heterocycles. The summed E-state index contributed by atoms with van der Waals surface area (Å²) in [4.78, 5) is 5.27. The van der Waals surface area contributed by atoms with Crippen LogP contribution in [0.4, 0.5) is 0 Å². The van der Waals surface area contributed by atoms with E-state index in [9.17, 15) is 0 Å². The Morgan fingerprint density at radius 1 is 1.05 bits per heavy atom. The van der Waals surface area contributed by atoms with Gasteiger partial charge in [-0.3, -0.25) is 4.90 Å². The SMILES string of the molecule is CC1(C)C2OCCC2C1(N)CN1CCN(CC2CC2)CC1. The summed E-state index contributed by atoms with van der Waals surface area (Å²) in [5.41, 5.74) is 6.96. The minimum Gasteiger partial charge on any atom is -0.377 e. The van der Waals surface area contributed by atoms with Crippen LogP contribution in [-0.4, -0.2) is 67.3 Å². The van der Waals surface area contributed by atoms with E-state index in [0.29, 0.717) is 12.0 Å². The second-order valence-electron chi connectivity index (χ2n) is 8.47. The van der Waals surface area contributed by atoms with Crippen LogP contribution in [0.2, 0.25) is 0 Å². The summed E-state index contributed by atoms with van der Waals surface area (Å²) in [5.74, 6) is 1.59. The Morgan fingerprint density at radius 2 is 1.71 bits per heavy atom. The van der Waals surface area contributed by atoms with Crippen LogP contribution in [0.15, 0.2) is 0 Å². The number of piperazine rings is 1. The van der Waals surface area contributed by atoms with Crippen molar-refractivity contribution in [3.8, 4) is 0 Å². The van der Waals surface area contributed by atoms with E-state index in [1.54, 1.807) is 0 Å². The fourth-order valence-corrected chi connectivity index (χ4v) is 4.96. The Kier molecular flexibility index (Phi) is 3.38. The standard InChI is InChI=1S/C17H31N3O/c1-16(2)15-14(5-10-21-15)17(16,18)12-20-8-6-19(7-9-20)11-13-3-4-13/h13-15H,3-12,18H2,1-2H3. The van der Waals surface area contributed by atoms with E-state index in [1.165, 1.54) is 45.6 Å². The summed E-state index contributed by atoms with van der Waals surface area (Å²) < 4.78 is 5.91. The van der Waals surface area contributed by atoms with Gasteiger partial charge in [0.05, 0.1) is 6.10 Å². The molecule has 4 aliphatic rings. The van der Waals surface area contributed by atoms with Gasteiger partial charge in [-0.05, 0) is 25.2 Å². The largest absolute Gasteiger partial charge is 0.377 e. The average Bonchev–Trinajstić information content (AvgIpc) is 3.13. The van der Waals surface area contributed by atoms with Gasteiger partial charge in [0.15, 0.2) is 0 Å². The second-order valence-corrected chi connectivity index (χ2v) is 8.47. The molecule has 2 heterocycles. The van der Waals surface area contributed by atoms with E-state index in [-0.39, 0.29) is 11.0 Å². The zero-order valence-corrected chi connectivity index (χ0v) is 13.7. The zero-order chi connectivity index (χ0) is 14.7. The predicted octanol–water partition coefficient (Wildman–Crippen LogP) is 1.16. The maximum atomic E-state index is 6.89. The summed E-state index contributed by atoms with van der Waals surface area (Å²) in [6.07, 6.45) is 4.48. The highest BCUT2D eigenvalue weighted by atomic mass is 16.5. The van der Waals surface area contributed by atoms with Crippen molar-refractivity contribution in [3.63, 3.8) is 0 Å². The predicted molar refractivity (Wildman–Crippen MR) is 84.2 cm³/mol. The van der Waals surface area contributed by atoms with Crippen LogP contribution in [0.1, 0.15) is 33.1 Å². The molecule has 21 heavy (non-hydrogen) atoms. The molecule has 4 heteroatoms. The van der Waals surface area contributed by atoms with Gasteiger partial charge < -0.3 is 15.4 Å². The van der Waals surface area contributed by atoms with Crippen LogP contribution in [0.25, 0.3) is 0 Å². The number of nitrogens with zero attached hydrogens (tertiary/aromatic N) is 2. The van der Waals surface area contributed by atoms with Crippen LogP contribution >= 0.6 is 0 Å². The molecule has 0 bridgehead atoms. The van der Waals surface area contributed by atoms with Gasteiger partial charge in [-0.15, -0.1) is 0 Å². The van der Waals surface area contributed by atoms with Gasteiger partial charge in [0, 0.05) is 62.7 Å². The first-order valence-electron chi connectivity index (χ1n) is 8.86. The Hall–Kier alpha value is -0.160. The van der Waals surface area contributed by atoms with E-state index >= 15 is 0 Å². The van der Waals surface area contributed by atoms with Gasteiger partial charge >= 0.3 is 0 Å². The molecule has 0 aromatic rings. The summed E-state index contributed by atoms with van der Waals surface area (Å²) >= 11 is 0. The van der Waals surface area contributed by atoms with Gasteiger partial charge in [-0.1, -0.05) is 13.8 Å². The van der Waals surface area contributed by atoms with Crippen molar-refractivity contribution >= 4 is 0 Å². The van der Waals surface area contributed by atoms with Crippen molar-refractivity contribution in [2.24, 2.45) is 23.0 Å². The normalized spacial score (nSPS) is 43.6. The zero-order valence-electron chi connectivity index (χ0n) is 13.7. The molecule has 0 aromatic carbocycles. The lowest BCUT2D eigenvalue weighted by molar-refractivity contribution is -0.164. The van der Waals surface area contributed by atoms with Gasteiger partial charge in [0.25, 0.3) is 0 Å². The third-order valence-corrected chi connectivity index (χ3v) is 6.83. The molecule has 4 nitrogen and oxygen atoms in total. The molecule has 3 unspecified atom stereocenters. The van der Waals surface area contributed by atoms with Crippen molar-refractivity contribution in [1.82, 2.24) is 9.80 Å². The highest BCUT2D eigenvalue weighted by Crippen LogP contribution is 2.58. The smallest absolute Gasteiger partial charge is 0.0691 e. The number of ether oxygens (including phenoxy) is 1. The lowest BCUT2D eigenvalue weighted by Crippen LogP contribution is -2.78. The highest BCUT2D eigenvalue weighted by Gasteiger charge is 2.67. The monoisotopic (exact) mass is 293 g/mol. The van der Waals surface area contributed by atoms with Crippen molar-refractivity contribution in [3.05, 3.63) is 0 Å². The summed E-state index contributed by atoms with van der Waals surface area (Å²) in [7, 11) is 0. The first-order valence-corrected chi connectivity index (χ1v) is 8.86. The molecule has 2 aliphatic heterocycles. The molecule has 2 N–H and O–H groups in total. The van der Waals surface area contributed by atoms with Crippen molar-refractivity contribution in [1.29, 1.82) is 0 Å². The molecule has 3 atom stereocenters. The van der Waals surface area contributed by atoms with E-state index in [0.717, 1.165) is 25.5 Å². The molecule has 4 fully saturated rings. The molecular weight excluding hydrogens is 262 g/mol. The van der Waals surface area contributed by atoms with Crippen LogP contribution in [0, 0.1) is 17.3 Å². The molecule has 0 aromatic heterocycles. The number of rotatable bonds is 4. The Labute approximate surface area is 129 Å². The van der Waals surface area contributed by atoms with Gasteiger partial charge in [-0.25, -0.2) is 0 Å². The molecule has 2 aliphatic carbocycles. The Morgan fingerprint density at radius 3 is 2.38 bits per heavy atom. The van der Waals surface area contributed by atoms with Crippen LogP contribution in [0.3, 0.4) is 0 Å². The maximum Gasteiger partial charge on any atom is 0.0691 e. The first-order chi connectivity index (χ1) is 10.0. The van der Waals surface area contributed by atoms with Crippen LogP contribution in [0.5, 0.6) is 0 Å². The minimum atomic E-state index is -0.0488. The van der Waals surface area contributed by atoms with Crippen LogP contribution < -0.4 is 5.73 Å². The van der Waals surface area contributed by atoms with Crippen molar-refractivity contribution in [2.45, 2.75) is 44.8 Å². The van der Waals surface area contributed by atoms with E-state index in [2.05, 4.69) is 23.6 Å². The molecule has 0 amide bonds. The minimum absolute atomic E-state index is 0.0488. The molecule has 0 radical (unpaired) electrons. The highest BCUT2D eigenvalue weighted by molar-refractivity contribution is 5.21. The quantitative estimate of drug-likeness (QED) is 0.844. The van der Waals surface area contributed by atoms with Gasteiger partial charge in [0.2, 0.25) is 0 Å². The maximum absolute atomic E-state index is 6.89. The third kappa shape index (κ3) is 2.26. The lowest BCUT2D eigenvalue weighted by atomic mass is 9.48. The van der Waals surface area contributed by atoms with E-state index < -0.39 is 0 Å². The number of hydrogen-bond acceptors (Lipinski definition) is 4. The molecule has 0 spiro atoms. The fourth-order valence-electron chi connectivity index (χ4n) is 4.96. The molecule has 4 rings (SSSR count). The van der Waals surface area contributed by atoms with Gasteiger partial charge in [0.1, 0.15) is 0 Å². The fraction of sp³-hybridized carbons (Fsp3) is 1.00. The Balaban J connectivity index is 1.33. The number of nitrogens with two attached hydrogens (primary N) is 1. The Bertz CT molecular complexity index is 401.